The molecule has 1 atom stereocenters. The van der Waals surface area contributed by atoms with E-state index < -0.39 is 0 Å². The smallest absolute Gasteiger partial charge is 0.0996 e. The van der Waals surface area contributed by atoms with Gasteiger partial charge in [-0.1, -0.05) is 0 Å². The maximum absolute atomic E-state index is 7.66. The highest BCUT2D eigenvalue weighted by atomic mass is 16.5. The number of hydrogen-bond donors (Lipinski definition) is 2. The molecule has 4 heteroatoms. The number of hydrogen-bond acceptors (Lipinski definition) is 4. The van der Waals surface area contributed by atoms with Crippen molar-refractivity contribution in [1.29, 1.82) is 5.41 Å². The molecule has 1 aliphatic rings. The fraction of sp³-hybridized carbons (Fsp3) is 0.800. The van der Waals surface area contributed by atoms with Crippen molar-refractivity contribution < 1.29 is 4.74 Å². The highest BCUT2D eigenvalue weighted by molar-refractivity contribution is 5.99. The third kappa shape index (κ3) is 3.20. The van der Waals surface area contributed by atoms with Gasteiger partial charge >= 0.3 is 0 Å². The molecule has 1 rings (SSSR count). The second kappa shape index (κ2) is 5.88. The van der Waals surface area contributed by atoms with Crippen LogP contribution >= 0.6 is 0 Å². The Morgan fingerprint density at radius 2 is 2.36 bits per heavy atom. The lowest BCUT2D eigenvalue weighted by Gasteiger charge is -2.23. The first-order valence-electron chi connectivity index (χ1n) is 5.04. The zero-order chi connectivity index (χ0) is 10.4. The summed E-state index contributed by atoms with van der Waals surface area (Å²) in [5.41, 5.74) is 1.91. The molecule has 1 saturated carbocycles. The molecule has 0 aliphatic heterocycles. The summed E-state index contributed by atoms with van der Waals surface area (Å²) in [6, 6.07) is 0. The van der Waals surface area contributed by atoms with Gasteiger partial charge in [0.05, 0.1) is 12.6 Å². The lowest BCUT2D eigenvalue weighted by Crippen LogP contribution is -2.31. The molecule has 0 spiro atoms. The molecule has 0 aromatic carbocycles. The van der Waals surface area contributed by atoms with E-state index in [4.69, 9.17) is 10.1 Å². The second-order valence-corrected chi connectivity index (χ2v) is 3.51. The van der Waals surface area contributed by atoms with Crippen LogP contribution in [0.25, 0.3) is 0 Å². The highest BCUT2D eigenvalue weighted by Crippen LogP contribution is 2.15. The summed E-state index contributed by atoms with van der Waals surface area (Å²) < 4.78 is 5.22. The van der Waals surface area contributed by atoms with E-state index in [1.54, 1.807) is 7.11 Å². The largest absolute Gasteiger partial charge is 0.375 e. The van der Waals surface area contributed by atoms with Gasteiger partial charge in [0.2, 0.25) is 0 Å². The Kier molecular flexibility index (Phi) is 4.76. The molecule has 0 aromatic heterocycles. The molecule has 1 fully saturated rings. The summed E-state index contributed by atoms with van der Waals surface area (Å²) in [5.74, 6) is 0. The topological polar surface area (TPSA) is 57.5 Å². The third-order valence-electron chi connectivity index (χ3n) is 2.47. The van der Waals surface area contributed by atoms with Crippen LogP contribution in [0.5, 0.6) is 0 Å². The van der Waals surface area contributed by atoms with Gasteiger partial charge in [-0.2, -0.15) is 0 Å². The SMILES string of the molecule is CNCCN=C1CCC(=N)C(OC)C1. The maximum atomic E-state index is 7.66. The van der Waals surface area contributed by atoms with E-state index >= 15 is 0 Å². The number of ether oxygens (including phenoxy) is 1. The van der Waals surface area contributed by atoms with Crippen molar-refractivity contribution in [2.24, 2.45) is 4.99 Å². The lowest BCUT2D eigenvalue weighted by atomic mass is 9.93. The number of aliphatic imine (C=N–C) groups is 1. The zero-order valence-corrected chi connectivity index (χ0v) is 8.97. The number of nitrogens with zero attached hydrogens (tertiary/aromatic N) is 1. The average molecular weight is 197 g/mol. The van der Waals surface area contributed by atoms with Gasteiger partial charge in [0, 0.05) is 31.5 Å². The van der Waals surface area contributed by atoms with Crippen LogP contribution in [0.3, 0.4) is 0 Å². The zero-order valence-electron chi connectivity index (χ0n) is 8.97. The quantitative estimate of drug-likeness (QED) is 0.657. The van der Waals surface area contributed by atoms with E-state index in [0.717, 1.165) is 32.4 Å². The fourth-order valence-corrected chi connectivity index (χ4v) is 1.57. The molecule has 0 saturated heterocycles. The Morgan fingerprint density at radius 3 is 3.00 bits per heavy atom. The van der Waals surface area contributed by atoms with Crippen molar-refractivity contribution in [3.8, 4) is 0 Å². The minimum Gasteiger partial charge on any atom is -0.375 e. The van der Waals surface area contributed by atoms with Crippen LogP contribution in [-0.2, 0) is 4.74 Å². The van der Waals surface area contributed by atoms with Crippen LogP contribution in [0.15, 0.2) is 4.99 Å². The molecule has 2 N–H and O–H groups in total. The van der Waals surface area contributed by atoms with Crippen molar-refractivity contribution in [2.45, 2.75) is 25.4 Å². The van der Waals surface area contributed by atoms with Crippen LogP contribution in [0, 0.1) is 5.41 Å². The van der Waals surface area contributed by atoms with Gasteiger partial charge in [-0.05, 0) is 19.9 Å². The van der Waals surface area contributed by atoms with Crippen LogP contribution in [-0.4, -0.2) is 44.8 Å². The van der Waals surface area contributed by atoms with Crippen molar-refractivity contribution in [3.05, 3.63) is 0 Å². The van der Waals surface area contributed by atoms with Crippen LogP contribution in [0.2, 0.25) is 0 Å². The lowest BCUT2D eigenvalue weighted by molar-refractivity contribution is 0.156. The number of likely N-dealkylation sites (N-methyl/N-ethyl adjacent to an activating group) is 1. The first-order valence-corrected chi connectivity index (χ1v) is 5.04. The maximum Gasteiger partial charge on any atom is 0.0996 e. The standard InChI is InChI=1S/C10H19N3O/c1-12-5-6-13-8-3-4-9(11)10(7-8)14-2/h10-12H,3-7H2,1-2H3. The van der Waals surface area contributed by atoms with Crippen molar-refractivity contribution in [1.82, 2.24) is 5.32 Å². The summed E-state index contributed by atoms with van der Waals surface area (Å²) in [4.78, 5) is 4.48. The molecular formula is C10H19N3O. The number of nitrogens with one attached hydrogen (secondary N) is 2. The molecule has 0 aromatic rings. The van der Waals surface area contributed by atoms with E-state index in [1.807, 2.05) is 7.05 Å². The van der Waals surface area contributed by atoms with Gasteiger partial charge in [-0.25, -0.2) is 0 Å². The summed E-state index contributed by atoms with van der Waals surface area (Å²) in [7, 11) is 3.59. The number of rotatable bonds is 4. The highest BCUT2D eigenvalue weighted by Gasteiger charge is 2.22. The first kappa shape index (κ1) is 11.3. The van der Waals surface area contributed by atoms with E-state index in [-0.39, 0.29) is 6.10 Å². The molecule has 4 nitrogen and oxygen atoms in total. The molecule has 0 bridgehead atoms. The minimum atomic E-state index is -0.0305. The van der Waals surface area contributed by atoms with Crippen LogP contribution < -0.4 is 5.32 Å². The molecule has 14 heavy (non-hydrogen) atoms. The van der Waals surface area contributed by atoms with Gasteiger partial charge in [0.25, 0.3) is 0 Å². The van der Waals surface area contributed by atoms with Gasteiger partial charge in [0.15, 0.2) is 0 Å². The summed E-state index contributed by atoms with van der Waals surface area (Å²) >= 11 is 0. The van der Waals surface area contributed by atoms with E-state index in [1.165, 1.54) is 5.71 Å². The Morgan fingerprint density at radius 1 is 1.57 bits per heavy atom. The summed E-state index contributed by atoms with van der Waals surface area (Å²) in [6.07, 6.45) is 2.51. The molecule has 0 amide bonds. The molecule has 0 heterocycles. The summed E-state index contributed by atoms with van der Waals surface area (Å²) in [6.45, 7) is 1.74. The van der Waals surface area contributed by atoms with E-state index in [9.17, 15) is 0 Å². The van der Waals surface area contributed by atoms with Gasteiger partial charge in [-0.15, -0.1) is 0 Å². The number of methoxy groups -OCH3 is 1. The molecular weight excluding hydrogens is 178 g/mol. The second-order valence-electron chi connectivity index (χ2n) is 3.51. The van der Waals surface area contributed by atoms with Crippen molar-refractivity contribution in [3.63, 3.8) is 0 Å². The molecule has 1 aliphatic carbocycles. The predicted octanol–water partition coefficient (Wildman–Crippen LogP) is 0.865. The van der Waals surface area contributed by atoms with Gasteiger partial charge in [-0.3, -0.25) is 4.99 Å². The Labute approximate surface area is 85.3 Å². The normalized spacial score (nSPS) is 25.7. The van der Waals surface area contributed by atoms with Gasteiger partial charge < -0.3 is 15.5 Å². The van der Waals surface area contributed by atoms with Crippen molar-refractivity contribution >= 4 is 11.4 Å². The monoisotopic (exact) mass is 197 g/mol. The Hall–Kier alpha value is -0.740. The van der Waals surface area contributed by atoms with E-state index in [0.29, 0.717) is 5.71 Å². The first-order chi connectivity index (χ1) is 6.77. The minimum absolute atomic E-state index is 0.0305. The fourth-order valence-electron chi connectivity index (χ4n) is 1.57. The van der Waals surface area contributed by atoms with Gasteiger partial charge in [0.1, 0.15) is 0 Å². The van der Waals surface area contributed by atoms with Crippen LogP contribution in [0.1, 0.15) is 19.3 Å². The molecule has 1 unspecified atom stereocenters. The predicted molar refractivity (Wildman–Crippen MR) is 58.6 cm³/mol. The van der Waals surface area contributed by atoms with Crippen LogP contribution in [0.4, 0.5) is 0 Å². The van der Waals surface area contributed by atoms with Crippen molar-refractivity contribution in [2.75, 3.05) is 27.2 Å². The van der Waals surface area contributed by atoms with E-state index in [2.05, 4.69) is 10.3 Å². The molecule has 80 valence electrons. The Balaban J connectivity index is 2.41. The molecule has 0 radical (unpaired) electrons. The third-order valence-corrected chi connectivity index (χ3v) is 2.47. The average Bonchev–Trinajstić information content (AvgIpc) is 2.21. The summed E-state index contributed by atoms with van der Waals surface area (Å²) in [5, 5.41) is 10.7. The Bertz CT molecular complexity index is 225.